The van der Waals surface area contributed by atoms with Crippen LogP contribution in [0.2, 0.25) is 0 Å². The Morgan fingerprint density at radius 1 is 0.864 bits per heavy atom. The van der Waals surface area contributed by atoms with Crippen LogP contribution in [0, 0.1) is 0 Å². The van der Waals surface area contributed by atoms with Gasteiger partial charge in [0, 0.05) is 6.04 Å². The second-order valence-electron chi connectivity index (χ2n) is 5.20. The summed E-state index contributed by atoms with van der Waals surface area (Å²) in [6, 6.07) is 18.6. The normalized spacial score (nSPS) is 12.4. The minimum atomic E-state index is -3.22. The summed E-state index contributed by atoms with van der Waals surface area (Å²) in [5, 5.41) is 0. The average molecular weight is 340 g/mol. The molecule has 3 nitrogen and oxygen atoms in total. The molecule has 120 valence electrons. The third kappa shape index (κ3) is 5.79. The van der Waals surface area contributed by atoms with Crippen molar-refractivity contribution in [2.24, 2.45) is 5.73 Å². The second kappa shape index (κ2) is 8.93. The molecule has 2 aromatic rings. The van der Waals surface area contributed by atoms with Crippen molar-refractivity contribution in [1.82, 2.24) is 0 Å². The van der Waals surface area contributed by atoms with Crippen LogP contribution in [0.1, 0.15) is 18.4 Å². The highest BCUT2D eigenvalue weighted by atomic mass is 35.5. The second-order valence-corrected chi connectivity index (χ2v) is 7.31. The number of sulfone groups is 1. The van der Waals surface area contributed by atoms with Gasteiger partial charge in [0.15, 0.2) is 9.84 Å². The van der Waals surface area contributed by atoms with E-state index in [1.165, 1.54) is 5.56 Å². The van der Waals surface area contributed by atoms with Crippen molar-refractivity contribution in [3.8, 4) is 0 Å². The van der Waals surface area contributed by atoms with Crippen molar-refractivity contribution < 1.29 is 8.42 Å². The predicted molar refractivity (Wildman–Crippen MR) is 93.1 cm³/mol. The summed E-state index contributed by atoms with van der Waals surface area (Å²) in [4.78, 5) is 0.375. The number of benzene rings is 2. The summed E-state index contributed by atoms with van der Waals surface area (Å²) in [6.07, 6.45) is 2.17. The third-order valence-corrected chi connectivity index (χ3v) is 5.27. The Morgan fingerprint density at radius 2 is 1.41 bits per heavy atom. The first kappa shape index (κ1) is 18.7. The standard InChI is InChI=1S/C17H21NO2S.ClH/c18-16(12-11-15-7-3-1-4-8-15)13-14-21(19,20)17-9-5-2-6-10-17;/h1-10,16H,11-14,18H2;1H. The Balaban J connectivity index is 0.00000242. The summed E-state index contributed by atoms with van der Waals surface area (Å²) in [7, 11) is -3.22. The van der Waals surface area contributed by atoms with Gasteiger partial charge in [0.25, 0.3) is 0 Å². The Hall–Kier alpha value is -1.36. The molecule has 2 N–H and O–H groups in total. The quantitative estimate of drug-likeness (QED) is 0.842. The highest BCUT2D eigenvalue weighted by Crippen LogP contribution is 2.13. The molecule has 0 aliphatic carbocycles. The number of aryl methyl sites for hydroxylation is 1. The molecule has 0 saturated heterocycles. The maximum atomic E-state index is 12.2. The highest BCUT2D eigenvalue weighted by Gasteiger charge is 2.15. The van der Waals surface area contributed by atoms with Crippen LogP contribution >= 0.6 is 12.4 Å². The van der Waals surface area contributed by atoms with Crippen molar-refractivity contribution in [3.63, 3.8) is 0 Å². The molecule has 1 unspecified atom stereocenters. The fourth-order valence-electron chi connectivity index (χ4n) is 2.19. The maximum Gasteiger partial charge on any atom is 0.178 e. The monoisotopic (exact) mass is 339 g/mol. The maximum absolute atomic E-state index is 12.2. The van der Waals surface area contributed by atoms with E-state index in [1.54, 1.807) is 24.3 Å². The van der Waals surface area contributed by atoms with Gasteiger partial charge in [-0.3, -0.25) is 0 Å². The van der Waals surface area contributed by atoms with Crippen molar-refractivity contribution in [2.75, 3.05) is 5.75 Å². The van der Waals surface area contributed by atoms with Crippen LogP contribution in [0.15, 0.2) is 65.6 Å². The Kier molecular flexibility index (Phi) is 7.59. The molecule has 2 aromatic carbocycles. The molecule has 0 heterocycles. The minimum absolute atomic E-state index is 0. The topological polar surface area (TPSA) is 60.2 Å². The van der Waals surface area contributed by atoms with Crippen LogP contribution in [0.4, 0.5) is 0 Å². The number of hydrogen-bond donors (Lipinski definition) is 1. The number of rotatable bonds is 7. The van der Waals surface area contributed by atoms with E-state index in [9.17, 15) is 8.42 Å². The van der Waals surface area contributed by atoms with Crippen molar-refractivity contribution in [1.29, 1.82) is 0 Å². The van der Waals surface area contributed by atoms with Gasteiger partial charge in [0.2, 0.25) is 0 Å². The SMILES string of the molecule is Cl.NC(CCc1ccccc1)CCS(=O)(=O)c1ccccc1. The molecule has 0 aliphatic heterocycles. The molecule has 1 atom stereocenters. The van der Waals surface area contributed by atoms with E-state index in [-0.39, 0.29) is 24.2 Å². The molecule has 2 rings (SSSR count). The summed E-state index contributed by atoms with van der Waals surface area (Å²) >= 11 is 0. The zero-order valence-corrected chi connectivity index (χ0v) is 14.0. The van der Waals surface area contributed by atoms with E-state index < -0.39 is 9.84 Å². The molecular weight excluding hydrogens is 318 g/mol. The van der Waals surface area contributed by atoms with Gasteiger partial charge in [-0.05, 0) is 37.0 Å². The smallest absolute Gasteiger partial charge is 0.178 e. The molecule has 0 bridgehead atoms. The van der Waals surface area contributed by atoms with Gasteiger partial charge in [0.1, 0.15) is 0 Å². The summed E-state index contributed by atoms with van der Waals surface area (Å²) < 4.78 is 24.3. The van der Waals surface area contributed by atoms with Crippen molar-refractivity contribution in [3.05, 3.63) is 66.2 Å². The molecule has 0 aromatic heterocycles. The van der Waals surface area contributed by atoms with Gasteiger partial charge < -0.3 is 5.73 Å². The Bertz CT molecular complexity index is 645. The van der Waals surface area contributed by atoms with Crippen LogP contribution in [-0.4, -0.2) is 20.2 Å². The Morgan fingerprint density at radius 3 is 2.00 bits per heavy atom. The molecule has 0 radical (unpaired) electrons. The molecule has 5 heteroatoms. The number of halogens is 1. The van der Waals surface area contributed by atoms with E-state index in [4.69, 9.17) is 5.73 Å². The predicted octanol–water partition coefficient (Wildman–Crippen LogP) is 3.23. The van der Waals surface area contributed by atoms with E-state index >= 15 is 0 Å². The van der Waals surface area contributed by atoms with E-state index in [0.29, 0.717) is 11.3 Å². The third-order valence-electron chi connectivity index (χ3n) is 3.51. The lowest BCUT2D eigenvalue weighted by Gasteiger charge is -2.12. The molecule has 0 fully saturated rings. The first-order valence-electron chi connectivity index (χ1n) is 7.15. The number of hydrogen-bond acceptors (Lipinski definition) is 3. The summed E-state index contributed by atoms with van der Waals surface area (Å²) in [5.41, 5.74) is 7.28. The largest absolute Gasteiger partial charge is 0.328 e. The van der Waals surface area contributed by atoms with Crippen molar-refractivity contribution in [2.45, 2.75) is 30.2 Å². The Labute approximate surface area is 138 Å². The molecule has 0 spiro atoms. The molecule has 0 saturated carbocycles. The van der Waals surface area contributed by atoms with Crippen LogP contribution in [0.3, 0.4) is 0 Å². The van der Waals surface area contributed by atoms with Gasteiger partial charge in [-0.25, -0.2) is 8.42 Å². The fraction of sp³-hybridized carbons (Fsp3) is 0.294. The summed E-state index contributed by atoms with van der Waals surface area (Å²) in [5.74, 6) is 0.104. The van der Waals surface area contributed by atoms with Gasteiger partial charge in [-0.1, -0.05) is 48.5 Å². The molecule has 0 amide bonds. The number of nitrogens with two attached hydrogens (primary N) is 1. The molecule has 22 heavy (non-hydrogen) atoms. The summed E-state index contributed by atoms with van der Waals surface area (Å²) in [6.45, 7) is 0. The lowest BCUT2D eigenvalue weighted by molar-refractivity contribution is 0.567. The van der Waals surface area contributed by atoms with E-state index in [1.807, 2.05) is 24.3 Å². The lowest BCUT2D eigenvalue weighted by Crippen LogP contribution is -2.24. The molecule has 0 aliphatic rings. The van der Waals surface area contributed by atoms with Gasteiger partial charge in [-0.15, -0.1) is 12.4 Å². The minimum Gasteiger partial charge on any atom is -0.328 e. The fourth-order valence-corrected chi connectivity index (χ4v) is 3.61. The van der Waals surface area contributed by atoms with Gasteiger partial charge in [-0.2, -0.15) is 0 Å². The van der Waals surface area contributed by atoms with E-state index in [0.717, 1.165) is 12.8 Å². The van der Waals surface area contributed by atoms with Crippen molar-refractivity contribution >= 4 is 22.2 Å². The van der Waals surface area contributed by atoms with Crippen LogP contribution in [-0.2, 0) is 16.3 Å². The first-order chi connectivity index (χ1) is 10.1. The zero-order valence-electron chi connectivity index (χ0n) is 12.4. The first-order valence-corrected chi connectivity index (χ1v) is 8.80. The van der Waals surface area contributed by atoms with E-state index in [2.05, 4.69) is 12.1 Å². The average Bonchev–Trinajstić information content (AvgIpc) is 2.53. The molecular formula is C17H22ClNO2S. The zero-order chi connectivity index (χ0) is 15.1. The van der Waals surface area contributed by atoms with Gasteiger partial charge >= 0.3 is 0 Å². The van der Waals surface area contributed by atoms with Gasteiger partial charge in [0.05, 0.1) is 10.6 Å². The van der Waals surface area contributed by atoms with Crippen LogP contribution < -0.4 is 5.73 Å². The van der Waals surface area contributed by atoms with Crippen LogP contribution in [0.5, 0.6) is 0 Å². The van der Waals surface area contributed by atoms with Crippen LogP contribution in [0.25, 0.3) is 0 Å². The lowest BCUT2D eigenvalue weighted by atomic mass is 10.0. The highest BCUT2D eigenvalue weighted by molar-refractivity contribution is 7.91.